The topological polar surface area (TPSA) is 48.1 Å². The number of aromatic nitrogens is 1. The summed E-state index contributed by atoms with van der Waals surface area (Å²) in [5, 5.41) is 0. The lowest BCUT2D eigenvalue weighted by Crippen LogP contribution is -2.29. The van der Waals surface area contributed by atoms with Crippen LogP contribution >= 0.6 is 0 Å². The van der Waals surface area contributed by atoms with E-state index in [2.05, 4.69) is 25.8 Å². The van der Waals surface area contributed by atoms with Crippen molar-refractivity contribution in [3.05, 3.63) is 30.1 Å². The molecule has 1 aromatic heterocycles. The standard InChI is InChI=1S/C15H26N2O/c1-4-14(16)15(13-7-9-17-10-8-13)18-11-5-6-12(2)3/h7-10,12,14-15H,4-6,11,16H2,1-3H3. The van der Waals surface area contributed by atoms with Crippen molar-refractivity contribution in [1.82, 2.24) is 4.98 Å². The smallest absolute Gasteiger partial charge is 0.0976 e. The third-order valence-corrected chi connectivity index (χ3v) is 3.12. The van der Waals surface area contributed by atoms with Crippen molar-refractivity contribution in [1.29, 1.82) is 0 Å². The molecule has 1 aromatic rings. The number of nitrogens with two attached hydrogens (primary N) is 1. The largest absolute Gasteiger partial charge is 0.372 e. The number of hydrogen-bond acceptors (Lipinski definition) is 3. The molecule has 2 N–H and O–H groups in total. The Labute approximate surface area is 111 Å². The second-order valence-electron chi connectivity index (χ2n) is 5.18. The van der Waals surface area contributed by atoms with Gasteiger partial charge in [0.15, 0.2) is 0 Å². The van der Waals surface area contributed by atoms with Crippen LogP contribution in [-0.4, -0.2) is 17.6 Å². The van der Waals surface area contributed by atoms with Crippen molar-refractivity contribution >= 4 is 0 Å². The predicted octanol–water partition coefficient (Wildman–Crippen LogP) is 3.31. The number of nitrogens with zero attached hydrogens (tertiary/aromatic N) is 1. The SMILES string of the molecule is CCC(N)C(OCCCC(C)C)c1ccncc1. The Morgan fingerprint density at radius 2 is 1.94 bits per heavy atom. The molecule has 0 saturated heterocycles. The molecular formula is C15H26N2O. The number of pyridine rings is 1. The van der Waals surface area contributed by atoms with Crippen molar-refractivity contribution < 1.29 is 4.74 Å². The molecule has 0 aliphatic carbocycles. The zero-order chi connectivity index (χ0) is 13.4. The van der Waals surface area contributed by atoms with Gasteiger partial charge < -0.3 is 10.5 Å². The average molecular weight is 250 g/mol. The van der Waals surface area contributed by atoms with E-state index < -0.39 is 0 Å². The lowest BCUT2D eigenvalue weighted by molar-refractivity contribution is 0.0301. The molecule has 0 aliphatic rings. The summed E-state index contributed by atoms with van der Waals surface area (Å²) in [6.45, 7) is 7.34. The zero-order valence-corrected chi connectivity index (χ0v) is 11.8. The predicted molar refractivity (Wildman–Crippen MR) is 75.3 cm³/mol. The van der Waals surface area contributed by atoms with Crippen LogP contribution in [0.25, 0.3) is 0 Å². The van der Waals surface area contributed by atoms with E-state index in [9.17, 15) is 0 Å². The van der Waals surface area contributed by atoms with E-state index in [-0.39, 0.29) is 12.1 Å². The van der Waals surface area contributed by atoms with Gasteiger partial charge in [-0.3, -0.25) is 4.98 Å². The fourth-order valence-electron chi connectivity index (χ4n) is 1.94. The highest BCUT2D eigenvalue weighted by Gasteiger charge is 2.18. The third-order valence-electron chi connectivity index (χ3n) is 3.12. The van der Waals surface area contributed by atoms with Gasteiger partial charge in [-0.2, -0.15) is 0 Å². The van der Waals surface area contributed by atoms with Crippen LogP contribution in [0.1, 0.15) is 51.7 Å². The summed E-state index contributed by atoms with van der Waals surface area (Å²) in [6, 6.07) is 4.03. The van der Waals surface area contributed by atoms with Crippen LogP contribution in [0.3, 0.4) is 0 Å². The molecule has 3 heteroatoms. The molecular weight excluding hydrogens is 224 g/mol. The lowest BCUT2D eigenvalue weighted by Gasteiger charge is -2.24. The molecule has 0 spiro atoms. The Morgan fingerprint density at radius 3 is 2.50 bits per heavy atom. The average Bonchev–Trinajstić information content (AvgIpc) is 2.38. The fraction of sp³-hybridized carbons (Fsp3) is 0.667. The van der Waals surface area contributed by atoms with Gasteiger partial charge in [-0.05, 0) is 42.9 Å². The van der Waals surface area contributed by atoms with E-state index in [0.29, 0.717) is 0 Å². The van der Waals surface area contributed by atoms with Crippen LogP contribution in [0.4, 0.5) is 0 Å². The minimum absolute atomic E-state index is 0.00911. The maximum absolute atomic E-state index is 6.15. The molecule has 0 amide bonds. The zero-order valence-electron chi connectivity index (χ0n) is 11.8. The van der Waals surface area contributed by atoms with Crippen LogP contribution in [0.5, 0.6) is 0 Å². The highest BCUT2D eigenvalue weighted by atomic mass is 16.5. The van der Waals surface area contributed by atoms with Gasteiger partial charge in [-0.15, -0.1) is 0 Å². The highest BCUT2D eigenvalue weighted by Crippen LogP contribution is 2.22. The normalized spacial score (nSPS) is 14.7. The minimum atomic E-state index is -0.00911. The van der Waals surface area contributed by atoms with E-state index >= 15 is 0 Å². The van der Waals surface area contributed by atoms with Gasteiger partial charge >= 0.3 is 0 Å². The van der Waals surface area contributed by atoms with Gasteiger partial charge in [0.2, 0.25) is 0 Å². The van der Waals surface area contributed by atoms with Crippen molar-refractivity contribution in [2.75, 3.05) is 6.61 Å². The molecule has 0 fully saturated rings. The molecule has 2 atom stereocenters. The Hall–Kier alpha value is -0.930. The van der Waals surface area contributed by atoms with Crippen LogP contribution < -0.4 is 5.73 Å². The van der Waals surface area contributed by atoms with Crippen LogP contribution in [0.2, 0.25) is 0 Å². The van der Waals surface area contributed by atoms with Crippen molar-refractivity contribution in [3.8, 4) is 0 Å². The van der Waals surface area contributed by atoms with E-state index in [1.54, 1.807) is 12.4 Å². The summed E-state index contributed by atoms with van der Waals surface area (Å²) in [4.78, 5) is 4.04. The minimum Gasteiger partial charge on any atom is -0.372 e. The molecule has 0 aromatic carbocycles. The summed E-state index contributed by atoms with van der Waals surface area (Å²) < 4.78 is 5.98. The van der Waals surface area contributed by atoms with Gasteiger partial charge in [0.25, 0.3) is 0 Å². The number of hydrogen-bond donors (Lipinski definition) is 1. The molecule has 2 unspecified atom stereocenters. The van der Waals surface area contributed by atoms with E-state index in [4.69, 9.17) is 10.5 Å². The second kappa shape index (κ2) is 8.22. The first kappa shape index (κ1) is 15.1. The van der Waals surface area contributed by atoms with Crippen LogP contribution in [0, 0.1) is 5.92 Å². The van der Waals surface area contributed by atoms with E-state index in [1.807, 2.05) is 12.1 Å². The van der Waals surface area contributed by atoms with Crippen LogP contribution in [-0.2, 0) is 4.74 Å². The molecule has 1 heterocycles. The van der Waals surface area contributed by atoms with Gasteiger partial charge in [-0.25, -0.2) is 0 Å². The highest BCUT2D eigenvalue weighted by molar-refractivity contribution is 5.15. The van der Waals surface area contributed by atoms with Gasteiger partial charge in [0.1, 0.15) is 0 Å². The first-order chi connectivity index (χ1) is 8.65. The molecule has 0 bridgehead atoms. The van der Waals surface area contributed by atoms with Crippen molar-refractivity contribution in [3.63, 3.8) is 0 Å². The molecule has 18 heavy (non-hydrogen) atoms. The third kappa shape index (κ3) is 5.15. The van der Waals surface area contributed by atoms with Gasteiger partial charge in [-0.1, -0.05) is 20.8 Å². The lowest BCUT2D eigenvalue weighted by atomic mass is 10.0. The number of rotatable bonds is 8. The van der Waals surface area contributed by atoms with Gasteiger partial charge in [0.05, 0.1) is 6.10 Å². The molecule has 0 saturated carbocycles. The van der Waals surface area contributed by atoms with E-state index in [0.717, 1.165) is 30.9 Å². The van der Waals surface area contributed by atoms with Crippen molar-refractivity contribution in [2.45, 2.75) is 52.2 Å². The summed E-state index contributed by atoms with van der Waals surface area (Å²) in [6.07, 6.45) is 6.78. The summed E-state index contributed by atoms with van der Waals surface area (Å²) in [7, 11) is 0. The molecule has 1 rings (SSSR count). The fourth-order valence-corrected chi connectivity index (χ4v) is 1.94. The molecule has 0 aliphatic heterocycles. The van der Waals surface area contributed by atoms with E-state index in [1.165, 1.54) is 6.42 Å². The molecule has 102 valence electrons. The Balaban J connectivity index is 2.52. The second-order valence-corrected chi connectivity index (χ2v) is 5.18. The first-order valence-electron chi connectivity index (χ1n) is 6.92. The maximum Gasteiger partial charge on any atom is 0.0976 e. The summed E-state index contributed by atoms with van der Waals surface area (Å²) in [5.74, 6) is 0.729. The van der Waals surface area contributed by atoms with Crippen LogP contribution in [0.15, 0.2) is 24.5 Å². The molecule has 3 nitrogen and oxygen atoms in total. The Bertz CT molecular complexity index is 314. The Kier molecular flexibility index (Phi) is 6.91. The van der Waals surface area contributed by atoms with Gasteiger partial charge in [0, 0.05) is 25.0 Å². The summed E-state index contributed by atoms with van der Waals surface area (Å²) >= 11 is 0. The van der Waals surface area contributed by atoms with Crippen molar-refractivity contribution in [2.24, 2.45) is 11.7 Å². The quantitative estimate of drug-likeness (QED) is 0.720. The number of ether oxygens (including phenoxy) is 1. The first-order valence-corrected chi connectivity index (χ1v) is 6.92. The monoisotopic (exact) mass is 250 g/mol. The summed E-state index contributed by atoms with van der Waals surface area (Å²) in [5.41, 5.74) is 7.27. The Morgan fingerprint density at radius 1 is 1.28 bits per heavy atom. The maximum atomic E-state index is 6.15. The molecule has 0 radical (unpaired) electrons.